The van der Waals surface area contributed by atoms with Crippen molar-refractivity contribution >= 4 is 28.6 Å². The first-order valence-electron chi connectivity index (χ1n) is 9.31. The number of aromatic nitrogens is 3. The summed E-state index contributed by atoms with van der Waals surface area (Å²) in [6.45, 7) is 5.95. The second-order valence-corrected chi connectivity index (χ2v) is 6.20. The number of hydrogen-bond donors (Lipinski definition) is 0. The van der Waals surface area contributed by atoms with Crippen LogP contribution in [-0.4, -0.2) is 32.4 Å². The van der Waals surface area contributed by atoms with E-state index < -0.39 is 5.97 Å². The lowest BCUT2D eigenvalue weighted by atomic mass is 10.2. The summed E-state index contributed by atoms with van der Waals surface area (Å²) >= 11 is 0. The molecule has 3 heterocycles. The molecule has 3 aromatic rings. The predicted molar refractivity (Wildman–Crippen MR) is 104 cm³/mol. The molecule has 0 aliphatic carbocycles. The van der Waals surface area contributed by atoms with Gasteiger partial charge in [-0.3, -0.25) is 14.0 Å². The van der Waals surface area contributed by atoms with E-state index in [0.717, 1.165) is 0 Å². The summed E-state index contributed by atoms with van der Waals surface area (Å²) in [4.78, 5) is 46.4. The van der Waals surface area contributed by atoms with Crippen LogP contribution in [0, 0.1) is 0 Å². The number of carbonyl (C=O) groups is 2. The van der Waals surface area contributed by atoms with Crippen LogP contribution in [0.5, 0.6) is 0 Å². The van der Waals surface area contributed by atoms with Crippen LogP contribution in [0.2, 0.25) is 0 Å². The van der Waals surface area contributed by atoms with Gasteiger partial charge in [-0.05, 0) is 31.5 Å². The minimum atomic E-state index is -0.630. The highest BCUT2D eigenvalue weighted by atomic mass is 16.5. The predicted octanol–water partition coefficient (Wildman–Crippen LogP) is 2.07. The first-order valence-corrected chi connectivity index (χ1v) is 9.31. The molecule has 0 aliphatic rings. The number of ether oxygens (including phenoxy) is 1. The summed E-state index contributed by atoms with van der Waals surface area (Å²) in [5.74, 6) is -0.998. The number of aryl methyl sites for hydroxylation is 1. The van der Waals surface area contributed by atoms with Crippen molar-refractivity contribution in [1.29, 1.82) is 0 Å². The normalized spacial score (nSPS) is 11.9. The monoisotopic (exact) mass is 382 g/mol. The van der Waals surface area contributed by atoms with Crippen molar-refractivity contribution in [3.8, 4) is 0 Å². The van der Waals surface area contributed by atoms with Crippen molar-refractivity contribution in [2.45, 2.75) is 40.2 Å². The van der Waals surface area contributed by atoms with Crippen LogP contribution in [0.15, 0.2) is 40.2 Å². The van der Waals surface area contributed by atoms with Gasteiger partial charge in [0.25, 0.3) is 5.56 Å². The number of rotatable bonds is 5. The molecule has 28 heavy (non-hydrogen) atoms. The standard InChI is InChI=1S/C20H22N4O4/c1-4-10-24-17-13(19(26)23-11-8-7-9-15(23)21-17)12-14(20(27)28-6-3)18(24)22-16(25)5-2/h7-9,11-12H,4-6,10H2,1-3H3. The van der Waals surface area contributed by atoms with Crippen LogP contribution in [-0.2, 0) is 16.1 Å². The average Bonchev–Trinajstić information content (AvgIpc) is 2.70. The third-order valence-corrected chi connectivity index (χ3v) is 4.27. The van der Waals surface area contributed by atoms with Crippen LogP contribution < -0.4 is 11.0 Å². The lowest BCUT2D eigenvalue weighted by Crippen LogP contribution is -2.32. The van der Waals surface area contributed by atoms with Crippen molar-refractivity contribution in [3.05, 3.63) is 51.9 Å². The molecule has 0 aromatic carbocycles. The van der Waals surface area contributed by atoms with E-state index in [1.807, 2.05) is 6.92 Å². The van der Waals surface area contributed by atoms with E-state index in [1.54, 1.807) is 42.8 Å². The Morgan fingerprint density at radius 3 is 2.68 bits per heavy atom. The van der Waals surface area contributed by atoms with Gasteiger partial charge in [-0.1, -0.05) is 19.9 Å². The second-order valence-electron chi connectivity index (χ2n) is 6.20. The third kappa shape index (κ3) is 3.45. The Bertz CT molecular complexity index is 1190. The number of pyridine rings is 2. The van der Waals surface area contributed by atoms with Crippen molar-refractivity contribution in [1.82, 2.24) is 14.0 Å². The summed E-state index contributed by atoms with van der Waals surface area (Å²) in [5, 5.41) is 0.267. The van der Waals surface area contributed by atoms with Gasteiger partial charge in [0.2, 0.25) is 5.91 Å². The topological polar surface area (TPSA) is 95.0 Å². The number of esters is 1. The van der Waals surface area contributed by atoms with Crippen molar-refractivity contribution in [2.24, 2.45) is 4.99 Å². The first kappa shape index (κ1) is 19.5. The van der Waals surface area contributed by atoms with Gasteiger partial charge < -0.3 is 9.30 Å². The fraction of sp³-hybridized carbons (Fsp3) is 0.350. The minimum absolute atomic E-state index is 0.0828. The molecule has 0 unspecified atom stereocenters. The molecule has 0 spiro atoms. The maximum Gasteiger partial charge on any atom is 0.341 e. The molecular formula is C20H22N4O4. The Labute approximate surface area is 161 Å². The van der Waals surface area contributed by atoms with Crippen LogP contribution in [0.25, 0.3) is 16.7 Å². The molecule has 0 atom stereocenters. The summed E-state index contributed by atoms with van der Waals surface area (Å²) in [6.07, 6.45) is 2.52. The highest BCUT2D eigenvalue weighted by molar-refractivity contribution is 5.93. The van der Waals surface area contributed by atoms with Gasteiger partial charge in [-0.15, -0.1) is 0 Å². The molecule has 3 rings (SSSR count). The molecule has 0 saturated carbocycles. The molecular weight excluding hydrogens is 360 g/mol. The van der Waals surface area contributed by atoms with E-state index in [4.69, 9.17) is 4.74 Å². The van der Waals surface area contributed by atoms with Gasteiger partial charge in [-0.2, -0.15) is 4.99 Å². The van der Waals surface area contributed by atoms with E-state index in [-0.39, 0.29) is 40.9 Å². The molecule has 0 aliphatic heterocycles. The lowest BCUT2D eigenvalue weighted by Gasteiger charge is -2.14. The zero-order valence-electron chi connectivity index (χ0n) is 16.1. The molecule has 3 aromatic heterocycles. The van der Waals surface area contributed by atoms with Crippen molar-refractivity contribution in [2.75, 3.05) is 6.61 Å². The van der Waals surface area contributed by atoms with Crippen LogP contribution in [0.3, 0.4) is 0 Å². The van der Waals surface area contributed by atoms with E-state index in [2.05, 4.69) is 9.98 Å². The molecule has 0 N–H and O–H groups in total. The van der Waals surface area contributed by atoms with Crippen LogP contribution in [0.4, 0.5) is 0 Å². The molecule has 1 amide bonds. The highest BCUT2D eigenvalue weighted by Gasteiger charge is 2.19. The van der Waals surface area contributed by atoms with Gasteiger partial charge >= 0.3 is 5.97 Å². The van der Waals surface area contributed by atoms with E-state index >= 15 is 0 Å². The molecule has 0 saturated heterocycles. The van der Waals surface area contributed by atoms with E-state index in [0.29, 0.717) is 24.3 Å². The lowest BCUT2D eigenvalue weighted by molar-refractivity contribution is -0.117. The molecule has 0 radical (unpaired) electrons. The van der Waals surface area contributed by atoms with Crippen LogP contribution >= 0.6 is 0 Å². The summed E-state index contributed by atoms with van der Waals surface area (Å²) in [7, 11) is 0. The Morgan fingerprint density at radius 1 is 1.21 bits per heavy atom. The Balaban J connectivity index is 2.54. The summed E-state index contributed by atoms with van der Waals surface area (Å²) in [6, 6.07) is 6.68. The van der Waals surface area contributed by atoms with Gasteiger partial charge in [0, 0.05) is 19.2 Å². The number of fused-ring (bicyclic) bond motifs is 2. The SMILES string of the molecule is CCCn1c(=NC(=O)CC)c(C(=O)OCC)cc2c(=O)n3ccccc3nc21. The number of nitrogens with zero attached hydrogens (tertiary/aromatic N) is 4. The fourth-order valence-corrected chi connectivity index (χ4v) is 2.99. The zero-order chi connectivity index (χ0) is 20.3. The Hall–Kier alpha value is -3.29. The molecule has 0 bridgehead atoms. The minimum Gasteiger partial charge on any atom is -0.462 e. The molecule has 8 heteroatoms. The van der Waals surface area contributed by atoms with Gasteiger partial charge in [0.1, 0.15) is 16.9 Å². The number of hydrogen-bond acceptors (Lipinski definition) is 5. The Morgan fingerprint density at radius 2 is 2.00 bits per heavy atom. The first-order chi connectivity index (χ1) is 13.5. The van der Waals surface area contributed by atoms with Crippen LogP contribution in [0.1, 0.15) is 44.0 Å². The summed E-state index contributed by atoms with van der Waals surface area (Å²) < 4.78 is 8.21. The Kier molecular flexibility index (Phi) is 5.67. The average molecular weight is 382 g/mol. The maximum absolute atomic E-state index is 13.0. The van der Waals surface area contributed by atoms with Gasteiger partial charge in [-0.25, -0.2) is 9.78 Å². The highest BCUT2D eigenvalue weighted by Crippen LogP contribution is 2.12. The third-order valence-electron chi connectivity index (χ3n) is 4.27. The van der Waals surface area contributed by atoms with E-state index in [9.17, 15) is 14.4 Å². The number of amides is 1. The van der Waals surface area contributed by atoms with Crippen molar-refractivity contribution < 1.29 is 14.3 Å². The maximum atomic E-state index is 13.0. The molecule has 0 fully saturated rings. The second kappa shape index (κ2) is 8.16. The molecule has 146 valence electrons. The quantitative estimate of drug-likeness (QED) is 0.497. The van der Waals surface area contributed by atoms with E-state index in [1.165, 1.54) is 10.5 Å². The number of carbonyl (C=O) groups excluding carboxylic acids is 2. The zero-order valence-corrected chi connectivity index (χ0v) is 16.1. The fourth-order valence-electron chi connectivity index (χ4n) is 2.99. The smallest absolute Gasteiger partial charge is 0.341 e. The van der Waals surface area contributed by atoms with Crippen molar-refractivity contribution in [3.63, 3.8) is 0 Å². The van der Waals surface area contributed by atoms with Gasteiger partial charge in [0.05, 0.1) is 12.0 Å². The van der Waals surface area contributed by atoms with Gasteiger partial charge in [0.15, 0.2) is 5.49 Å². The molecule has 8 nitrogen and oxygen atoms in total. The largest absolute Gasteiger partial charge is 0.462 e. The summed E-state index contributed by atoms with van der Waals surface area (Å²) in [5.41, 5.74) is 0.811.